The van der Waals surface area contributed by atoms with Gasteiger partial charge >= 0.3 is 6.18 Å². The first-order chi connectivity index (χ1) is 15.1. The summed E-state index contributed by atoms with van der Waals surface area (Å²) < 4.78 is 92.5. The van der Waals surface area contributed by atoms with Crippen LogP contribution in [0.5, 0.6) is 0 Å². The third-order valence-electron chi connectivity index (χ3n) is 5.04. The van der Waals surface area contributed by atoms with Gasteiger partial charge in [-0.2, -0.15) is 13.2 Å². The van der Waals surface area contributed by atoms with Crippen molar-refractivity contribution in [3.05, 3.63) is 83.2 Å². The Morgan fingerprint density at radius 1 is 0.719 bits per heavy atom. The van der Waals surface area contributed by atoms with Gasteiger partial charge in [-0.05, 0) is 41.0 Å². The predicted molar refractivity (Wildman–Crippen MR) is 105 cm³/mol. The van der Waals surface area contributed by atoms with Crippen molar-refractivity contribution in [2.75, 3.05) is 13.2 Å². The number of ether oxygens (including phenoxy) is 2. The van der Waals surface area contributed by atoms with Crippen LogP contribution in [0.3, 0.4) is 0 Å². The van der Waals surface area contributed by atoms with E-state index >= 15 is 0 Å². The van der Waals surface area contributed by atoms with Crippen molar-refractivity contribution < 1.29 is 35.8 Å². The number of nitrogens with two attached hydrogens (primary N) is 1. The molecule has 9 heteroatoms. The third-order valence-corrected chi connectivity index (χ3v) is 5.04. The number of benzene rings is 3. The minimum Gasteiger partial charge on any atom is -0.347 e. The Morgan fingerprint density at radius 2 is 1.25 bits per heavy atom. The summed E-state index contributed by atoms with van der Waals surface area (Å²) in [7, 11) is 0. The Morgan fingerprint density at radius 3 is 1.78 bits per heavy atom. The number of alkyl halides is 3. The van der Waals surface area contributed by atoms with Crippen LogP contribution in [0.15, 0.2) is 54.6 Å². The zero-order valence-corrected chi connectivity index (χ0v) is 16.4. The van der Waals surface area contributed by atoms with E-state index in [-0.39, 0.29) is 17.2 Å². The molecule has 3 aromatic carbocycles. The topological polar surface area (TPSA) is 44.5 Å². The zero-order chi connectivity index (χ0) is 23.0. The number of rotatable bonds is 3. The smallest absolute Gasteiger partial charge is 0.347 e. The maximum Gasteiger partial charge on any atom is 0.419 e. The number of hydrogen-bond donors (Lipinski definition) is 1. The lowest BCUT2D eigenvalue weighted by Gasteiger charge is -2.27. The van der Waals surface area contributed by atoms with Crippen molar-refractivity contribution in [3.8, 4) is 22.3 Å². The second kappa shape index (κ2) is 8.57. The van der Waals surface area contributed by atoms with E-state index in [0.29, 0.717) is 36.5 Å². The highest BCUT2D eigenvalue weighted by Crippen LogP contribution is 2.36. The molecule has 1 aliphatic heterocycles. The van der Waals surface area contributed by atoms with E-state index in [1.54, 1.807) is 24.3 Å². The van der Waals surface area contributed by atoms with Gasteiger partial charge < -0.3 is 15.2 Å². The van der Waals surface area contributed by atoms with Gasteiger partial charge in [-0.25, -0.2) is 13.2 Å². The zero-order valence-electron chi connectivity index (χ0n) is 16.4. The van der Waals surface area contributed by atoms with E-state index in [0.717, 1.165) is 18.2 Å². The van der Waals surface area contributed by atoms with Crippen LogP contribution in [-0.4, -0.2) is 19.3 Å². The summed E-state index contributed by atoms with van der Waals surface area (Å²) >= 11 is 0. The van der Waals surface area contributed by atoms with Crippen LogP contribution in [0.1, 0.15) is 17.4 Å². The van der Waals surface area contributed by atoms with Crippen LogP contribution in [0.4, 0.5) is 26.3 Å². The summed E-state index contributed by atoms with van der Waals surface area (Å²) in [6.07, 6.45) is -5.50. The molecule has 1 fully saturated rings. The molecule has 0 spiro atoms. The quantitative estimate of drug-likeness (QED) is 0.508. The Hall–Kier alpha value is -2.88. The fraction of sp³-hybridized carbons (Fsp3) is 0.217. The van der Waals surface area contributed by atoms with E-state index in [2.05, 4.69) is 0 Å². The van der Waals surface area contributed by atoms with Gasteiger partial charge in [0.2, 0.25) is 0 Å². The average Bonchev–Trinajstić information content (AvgIpc) is 2.73. The van der Waals surface area contributed by atoms with Gasteiger partial charge in [0.1, 0.15) is 17.5 Å². The molecule has 3 nitrogen and oxygen atoms in total. The summed E-state index contributed by atoms with van der Waals surface area (Å²) in [4.78, 5) is 0. The van der Waals surface area contributed by atoms with Gasteiger partial charge in [-0.3, -0.25) is 0 Å². The molecule has 0 atom stereocenters. The standard InChI is InChI=1S/C23H17F6NO2/c24-18-7-14(5-6-17(18)23(27,28)29)21-19(25)8-15(9-20(21)26)12-1-3-13(4-2-12)22-31-10-16(30)11-32-22/h1-9,16,22H,10-11,30H2. The molecule has 168 valence electrons. The van der Waals surface area contributed by atoms with Crippen LogP contribution < -0.4 is 5.73 Å². The van der Waals surface area contributed by atoms with E-state index in [9.17, 15) is 26.3 Å². The Bertz CT molecular complexity index is 1100. The summed E-state index contributed by atoms with van der Waals surface area (Å²) in [5.41, 5.74) is 4.65. The molecule has 0 bridgehead atoms. The van der Waals surface area contributed by atoms with E-state index in [1.165, 1.54) is 0 Å². The SMILES string of the molecule is NC1COC(c2ccc(-c3cc(F)c(-c4ccc(C(F)(F)F)c(F)c4)c(F)c3)cc2)OC1. The molecule has 1 aliphatic rings. The lowest BCUT2D eigenvalue weighted by Crippen LogP contribution is -2.37. The summed E-state index contributed by atoms with van der Waals surface area (Å²) in [5.74, 6) is -3.67. The summed E-state index contributed by atoms with van der Waals surface area (Å²) in [6.45, 7) is 0.684. The van der Waals surface area contributed by atoms with Crippen molar-refractivity contribution in [1.29, 1.82) is 0 Å². The Kier molecular flexibility index (Phi) is 5.98. The first kappa shape index (κ1) is 22.3. The number of halogens is 6. The monoisotopic (exact) mass is 453 g/mol. The van der Waals surface area contributed by atoms with Crippen LogP contribution in [0, 0.1) is 17.5 Å². The molecule has 2 N–H and O–H groups in total. The molecule has 1 heterocycles. The highest BCUT2D eigenvalue weighted by atomic mass is 19.4. The molecule has 0 saturated carbocycles. The lowest BCUT2D eigenvalue weighted by molar-refractivity contribution is -0.189. The molecular formula is C23H17F6NO2. The molecular weight excluding hydrogens is 436 g/mol. The normalized spacial score (nSPS) is 19.2. The van der Waals surface area contributed by atoms with Gasteiger partial charge in [-0.1, -0.05) is 30.3 Å². The van der Waals surface area contributed by atoms with E-state index < -0.39 is 41.0 Å². The highest BCUT2D eigenvalue weighted by molar-refractivity contribution is 5.72. The van der Waals surface area contributed by atoms with Crippen molar-refractivity contribution in [3.63, 3.8) is 0 Å². The van der Waals surface area contributed by atoms with Gasteiger partial charge in [0, 0.05) is 5.56 Å². The van der Waals surface area contributed by atoms with Crippen molar-refractivity contribution in [2.24, 2.45) is 5.73 Å². The van der Waals surface area contributed by atoms with Crippen molar-refractivity contribution in [2.45, 2.75) is 18.5 Å². The largest absolute Gasteiger partial charge is 0.419 e. The lowest BCUT2D eigenvalue weighted by atomic mass is 9.97. The molecule has 3 aromatic rings. The van der Waals surface area contributed by atoms with Crippen LogP contribution in [-0.2, 0) is 15.7 Å². The first-order valence-corrected chi connectivity index (χ1v) is 9.59. The Labute approximate surface area is 179 Å². The minimum atomic E-state index is -4.91. The van der Waals surface area contributed by atoms with Crippen molar-refractivity contribution in [1.82, 2.24) is 0 Å². The fourth-order valence-corrected chi connectivity index (χ4v) is 3.46. The second-order valence-corrected chi connectivity index (χ2v) is 7.39. The second-order valence-electron chi connectivity index (χ2n) is 7.39. The van der Waals surface area contributed by atoms with Gasteiger partial charge in [-0.15, -0.1) is 0 Å². The van der Waals surface area contributed by atoms with E-state index in [1.807, 2.05) is 0 Å². The van der Waals surface area contributed by atoms with Gasteiger partial charge in [0.25, 0.3) is 0 Å². The maximum absolute atomic E-state index is 14.7. The molecule has 1 saturated heterocycles. The summed E-state index contributed by atoms with van der Waals surface area (Å²) in [5, 5.41) is 0. The molecule has 0 radical (unpaired) electrons. The molecule has 0 amide bonds. The third kappa shape index (κ3) is 4.50. The van der Waals surface area contributed by atoms with E-state index in [4.69, 9.17) is 15.2 Å². The van der Waals surface area contributed by atoms with Crippen molar-refractivity contribution >= 4 is 0 Å². The Balaban J connectivity index is 1.61. The maximum atomic E-state index is 14.7. The minimum absolute atomic E-state index is 0.201. The van der Waals surface area contributed by atoms with Crippen LogP contribution in [0.25, 0.3) is 22.3 Å². The highest BCUT2D eigenvalue weighted by Gasteiger charge is 2.34. The van der Waals surface area contributed by atoms with Gasteiger partial charge in [0.15, 0.2) is 6.29 Å². The fourth-order valence-electron chi connectivity index (χ4n) is 3.46. The molecule has 0 unspecified atom stereocenters. The van der Waals surface area contributed by atoms with Crippen LogP contribution >= 0.6 is 0 Å². The first-order valence-electron chi connectivity index (χ1n) is 9.59. The molecule has 0 aliphatic carbocycles. The predicted octanol–water partition coefficient (Wildman–Crippen LogP) is 5.83. The van der Waals surface area contributed by atoms with Gasteiger partial charge in [0.05, 0.1) is 30.4 Å². The molecule has 0 aromatic heterocycles. The number of hydrogen-bond acceptors (Lipinski definition) is 3. The average molecular weight is 453 g/mol. The molecule has 32 heavy (non-hydrogen) atoms. The summed E-state index contributed by atoms with van der Waals surface area (Å²) in [6, 6.07) is 10.3. The van der Waals surface area contributed by atoms with Crippen LogP contribution in [0.2, 0.25) is 0 Å². The molecule has 4 rings (SSSR count).